The topological polar surface area (TPSA) is 64.0 Å². The van der Waals surface area contributed by atoms with Gasteiger partial charge in [-0.3, -0.25) is 4.79 Å². The summed E-state index contributed by atoms with van der Waals surface area (Å²) in [6.45, 7) is 3.91. The van der Waals surface area contributed by atoms with E-state index in [0.29, 0.717) is 19.0 Å². The molecule has 2 aliphatic heterocycles. The van der Waals surface area contributed by atoms with E-state index in [1.54, 1.807) is 0 Å². The number of carboxylic acids is 1. The second-order valence-corrected chi connectivity index (χ2v) is 6.03. The average Bonchev–Trinajstić information content (AvgIpc) is 2.40. The van der Waals surface area contributed by atoms with Gasteiger partial charge in [0.15, 0.2) is 0 Å². The number of hydrogen-bond acceptors (Lipinski definition) is 4. The zero-order valence-electron chi connectivity index (χ0n) is 11.8. The van der Waals surface area contributed by atoms with Crippen LogP contribution in [0.25, 0.3) is 0 Å². The van der Waals surface area contributed by atoms with Gasteiger partial charge >= 0.3 is 5.97 Å². The predicted octanol–water partition coefficient (Wildman–Crippen LogP) is 0.628. The number of piperidine rings is 2. The van der Waals surface area contributed by atoms with Crippen LogP contribution < -0.4 is 0 Å². The van der Waals surface area contributed by atoms with Gasteiger partial charge in [0.25, 0.3) is 0 Å². The van der Waals surface area contributed by atoms with Crippen molar-refractivity contribution in [3.05, 3.63) is 0 Å². The van der Waals surface area contributed by atoms with E-state index >= 15 is 0 Å². The number of carbonyl (C=O) groups is 1. The molecule has 0 radical (unpaired) electrons. The fraction of sp³-hybridized carbons (Fsp3) is 0.929. The zero-order valence-corrected chi connectivity index (χ0v) is 11.8. The summed E-state index contributed by atoms with van der Waals surface area (Å²) in [6, 6.07) is 0.313. The molecule has 2 rings (SSSR count). The third kappa shape index (κ3) is 3.91. The van der Waals surface area contributed by atoms with Crippen LogP contribution in [0.15, 0.2) is 0 Å². The van der Waals surface area contributed by atoms with Gasteiger partial charge in [0, 0.05) is 12.6 Å². The second kappa shape index (κ2) is 6.68. The number of hydrogen-bond donors (Lipinski definition) is 2. The molecule has 0 amide bonds. The summed E-state index contributed by atoms with van der Waals surface area (Å²) in [7, 11) is 1.97. The molecular weight excluding hydrogens is 244 g/mol. The molecule has 2 aliphatic rings. The molecule has 0 aromatic rings. The highest BCUT2D eigenvalue weighted by Crippen LogP contribution is 2.24. The first-order valence-corrected chi connectivity index (χ1v) is 7.41. The Morgan fingerprint density at radius 3 is 2.58 bits per heavy atom. The van der Waals surface area contributed by atoms with E-state index < -0.39 is 18.0 Å². The van der Waals surface area contributed by atoms with Gasteiger partial charge in [-0.05, 0) is 52.4 Å². The van der Waals surface area contributed by atoms with Crippen molar-refractivity contribution in [2.24, 2.45) is 5.92 Å². The largest absolute Gasteiger partial charge is 0.481 e. The summed E-state index contributed by atoms with van der Waals surface area (Å²) in [5, 5.41) is 19.0. The highest BCUT2D eigenvalue weighted by molar-refractivity contribution is 5.71. The molecular formula is C14H26N2O3. The van der Waals surface area contributed by atoms with E-state index in [1.807, 2.05) is 7.05 Å². The summed E-state index contributed by atoms with van der Waals surface area (Å²) in [5.74, 6) is -1.51. The lowest BCUT2D eigenvalue weighted by atomic mass is 9.88. The van der Waals surface area contributed by atoms with Crippen LogP contribution in [0, 0.1) is 5.92 Å². The first kappa shape index (κ1) is 14.8. The third-order valence-electron chi connectivity index (χ3n) is 4.63. The van der Waals surface area contributed by atoms with Crippen molar-refractivity contribution in [2.75, 3.05) is 33.2 Å². The molecule has 110 valence electrons. The number of aliphatic hydroxyl groups is 1. The Labute approximate surface area is 115 Å². The van der Waals surface area contributed by atoms with Gasteiger partial charge in [-0.15, -0.1) is 0 Å². The molecule has 3 atom stereocenters. The smallest absolute Gasteiger partial charge is 0.310 e. The Morgan fingerprint density at radius 1 is 1.26 bits per heavy atom. The maximum atomic E-state index is 11.0. The van der Waals surface area contributed by atoms with E-state index in [-0.39, 0.29) is 0 Å². The van der Waals surface area contributed by atoms with Crippen molar-refractivity contribution < 1.29 is 15.0 Å². The standard InChI is InChI=1S/C14H26N2O3/c1-15-10-12(14(18)19)13(17)9-11(15)5-8-16-6-3-2-4-7-16/h11-13,17H,2-10H2,1H3,(H,18,19). The van der Waals surface area contributed by atoms with Crippen LogP contribution in [0.2, 0.25) is 0 Å². The summed E-state index contributed by atoms with van der Waals surface area (Å²) >= 11 is 0. The molecule has 2 fully saturated rings. The molecule has 0 aliphatic carbocycles. The summed E-state index contributed by atoms with van der Waals surface area (Å²) in [4.78, 5) is 15.6. The Bertz CT molecular complexity index is 305. The van der Waals surface area contributed by atoms with E-state index in [1.165, 1.54) is 32.4 Å². The Hall–Kier alpha value is -0.650. The number of rotatable bonds is 4. The SMILES string of the molecule is CN1CC(C(=O)O)C(O)CC1CCN1CCCCC1. The van der Waals surface area contributed by atoms with Crippen LogP contribution >= 0.6 is 0 Å². The molecule has 0 saturated carbocycles. The molecule has 2 saturated heterocycles. The van der Waals surface area contributed by atoms with Gasteiger partial charge in [-0.2, -0.15) is 0 Å². The highest BCUT2D eigenvalue weighted by atomic mass is 16.4. The predicted molar refractivity (Wildman–Crippen MR) is 73.1 cm³/mol. The lowest BCUT2D eigenvalue weighted by Crippen LogP contribution is -2.51. The molecule has 5 heteroatoms. The van der Waals surface area contributed by atoms with Crippen LogP contribution in [-0.2, 0) is 4.79 Å². The van der Waals surface area contributed by atoms with E-state index in [0.717, 1.165) is 13.0 Å². The monoisotopic (exact) mass is 270 g/mol. The Morgan fingerprint density at radius 2 is 1.95 bits per heavy atom. The first-order chi connectivity index (χ1) is 9.08. The molecule has 0 spiro atoms. The molecule has 3 unspecified atom stereocenters. The molecule has 2 N–H and O–H groups in total. The van der Waals surface area contributed by atoms with Gasteiger partial charge < -0.3 is 20.0 Å². The minimum atomic E-state index is -0.881. The van der Waals surface area contributed by atoms with Gasteiger partial charge in [0.2, 0.25) is 0 Å². The van der Waals surface area contributed by atoms with Gasteiger partial charge in [0.1, 0.15) is 0 Å². The number of likely N-dealkylation sites (tertiary alicyclic amines) is 2. The molecule has 5 nitrogen and oxygen atoms in total. The fourth-order valence-electron chi connectivity index (χ4n) is 3.30. The fourth-order valence-corrected chi connectivity index (χ4v) is 3.30. The van der Waals surface area contributed by atoms with Crippen molar-refractivity contribution in [1.29, 1.82) is 0 Å². The summed E-state index contributed by atoms with van der Waals surface area (Å²) in [5.41, 5.74) is 0. The highest BCUT2D eigenvalue weighted by Gasteiger charge is 2.36. The van der Waals surface area contributed by atoms with Gasteiger partial charge in [-0.1, -0.05) is 6.42 Å². The number of carboxylic acid groups (broad SMARTS) is 1. The summed E-state index contributed by atoms with van der Waals surface area (Å²) < 4.78 is 0. The van der Waals surface area contributed by atoms with Crippen LogP contribution in [0.4, 0.5) is 0 Å². The number of nitrogens with zero attached hydrogens (tertiary/aromatic N) is 2. The van der Waals surface area contributed by atoms with Gasteiger partial charge in [0.05, 0.1) is 12.0 Å². The number of aliphatic carboxylic acids is 1. The molecule has 0 bridgehead atoms. The Kier molecular flexibility index (Phi) is 5.19. The normalized spacial score (nSPS) is 34.3. The maximum Gasteiger partial charge on any atom is 0.310 e. The van der Waals surface area contributed by atoms with Crippen LogP contribution in [-0.4, -0.2) is 71.4 Å². The lowest BCUT2D eigenvalue weighted by Gasteiger charge is -2.39. The first-order valence-electron chi connectivity index (χ1n) is 7.41. The minimum Gasteiger partial charge on any atom is -0.481 e. The van der Waals surface area contributed by atoms with E-state index in [9.17, 15) is 9.90 Å². The van der Waals surface area contributed by atoms with Crippen LogP contribution in [0.5, 0.6) is 0 Å². The van der Waals surface area contributed by atoms with Crippen molar-refractivity contribution in [3.63, 3.8) is 0 Å². The maximum absolute atomic E-state index is 11.0. The average molecular weight is 270 g/mol. The van der Waals surface area contributed by atoms with Crippen molar-refractivity contribution in [3.8, 4) is 0 Å². The second-order valence-electron chi connectivity index (χ2n) is 6.03. The molecule has 0 aromatic heterocycles. The molecule has 0 aromatic carbocycles. The van der Waals surface area contributed by atoms with Gasteiger partial charge in [-0.25, -0.2) is 0 Å². The third-order valence-corrected chi connectivity index (χ3v) is 4.63. The Balaban J connectivity index is 1.79. The molecule has 2 heterocycles. The zero-order chi connectivity index (χ0) is 13.8. The summed E-state index contributed by atoms with van der Waals surface area (Å²) in [6.07, 6.45) is 4.86. The van der Waals surface area contributed by atoms with E-state index in [2.05, 4.69) is 9.80 Å². The van der Waals surface area contributed by atoms with E-state index in [4.69, 9.17) is 5.11 Å². The van der Waals surface area contributed by atoms with Crippen LogP contribution in [0.1, 0.15) is 32.1 Å². The molecule has 19 heavy (non-hydrogen) atoms. The van der Waals surface area contributed by atoms with Crippen molar-refractivity contribution in [1.82, 2.24) is 9.80 Å². The number of aliphatic hydroxyl groups excluding tert-OH is 1. The van der Waals surface area contributed by atoms with Crippen LogP contribution in [0.3, 0.4) is 0 Å². The quantitative estimate of drug-likeness (QED) is 0.784. The van der Waals surface area contributed by atoms with Crippen molar-refractivity contribution in [2.45, 2.75) is 44.2 Å². The lowest BCUT2D eigenvalue weighted by molar-refractivity contribution is -0.150. The minimum absolute atomic E-state index is 0.313. The van der Waals surface area contributed by atoms with Crippen molar-refractivity contribution >= 4 is 5.97 Å².